The molecule has 0 saturated heterocycles. The second kappa shape index (κ2) is 4.33. The predicted molar refractivity (Wildman–Crippen MR) is 53.2 cm³/mol. The highest BCUT2D eigenvalue weighted by Gasteiger charge is 2.08. The summed E-state index contributed by atoms with van der Waals surface area (Å²) in [6, 6.07) is 4.29. The van der Waals surface area contributed by atoms with Gasteiger partial charge in [0, 0.05) is 4.47 Å². The topological polar surface area (TPSA) is 17.1 Å². The molecule has 0 radical (unpaired) electrons. The van der Waals surface area contributed by atoms with E-state index in [2.05, 4.69) is 15.9 Å². The van der Waals surface area contributed by atoms with E-state index in [1.165, 1.54) is 18.2 Å². The maximum absolute atomic E-state index is 13.1. The molecule has 0 aliphatic heterocycles. The van der Waals surface area contributed by atoms with E-state index in [0.29, 0.717) is 4.47 Å². The highest BCUT2D eigenvalue weighted by atomic mass is 79.9. The Morgan fingerprint density at radius 2 is 2.23 bits per heavy atom. The first-order chi connectivity index (χ1) is 6.15. The van der Waals surface area contributed by atoms with E-state index in [-0.39, 0.29) is 11.3 Å². The van der Waals surface area contributed by atoms with Crippen LogP contribution in [0.4, 0.5) is 4.39 Å². The van der Waals surface area contributed by atoms with Gasteiger partial charge in [-0.25, -0.2) is 4.39 Å². The minimum Gasteiger partial charge on any atom is -0.289 e. The average molecular weight is 243 g/mol. The summed E-state index contributed by atoms with van der Waals surface area (Å²) in [5.74, 6) is -0.812. The molecule has 1 rings (SSSR count). The summed E-state index contributed by atoms with van der Waals surface area (Å²) in [6.07, 6.45) is 2.92. The van der Waals surface area contributed by atoms with Gasteiger partial charge in [-0.15, -0.1) is 0 Å². The molecule has 0 atom stereocenters. The van der Waals surface area contributed by atoms with Gasteiger partial charge in [-0.2, -0.15) is 0 Å². The number of hydrogen-bond donors (Lipinski definition) is 0. The van der Waals surface area contributed by atoms with Crippen molar-refractivity contribution >= 4 is 21.7 Å². The first kappa shape index (κ1) is 10.1. The molecule has 13 heavy (non-hydrogen) atoms. The zero-order valence-corrected chi connectivity index (χ0v) is 8.64. The van der Waals surface area contributed by atoms with Crippen molar-refractivity contribution < 1.29 is 9.18 Å². The quantitative estimate of drug-likeness (QED) is 0.575. The van der Waals surface area contributed by atoms with Crippen LogP contribution in [-0.2, 0) is 0 Å². The van der Waals surface area contributed by atoms with Crippen molar-refractivity contribution in [2.45, 2.75) is 6.92 Å². The van der Waals surface area contributed by atoms with Gasteiger partial charge < -0.3 is 0 Å². The molecule has 0 aliphatic carbocycles. The number of carbonyl (C=O) groups excluding carboxylic acids is 1. The highest BCUT2D eigenvalue weighted by molar-refractivity contribution is 9.10. The molecular formula is C10H8BrFO. The molecule has 0 fully saturated rings. The minimum atomic E-state index is -0.494. The van der Waals surface area contributed by atoms with Crippen LogP contribution in [-0.4, -0.2) is 5.78 Å². The van der Waals surface area contributed by atoms with Crippen molar-refractivity contribution in [2.24, 2.45) is 0 Å². The molecule has 0 bridgehead atoms. The Balaban J connectivity index is 3.13. The molecule has 1 aromatic rings. The monoisotopic (exact) mass is 242 g/mol. The fourth-order valence-corrected chi connectivity index (χ4v) is 1.29. The van der Waals surface area contributed by atoms with Gasteiger partial charge in [0.1, 0.15) is 5.82 Å². The standard InChI is InChI=1S/C10H8BrFO/c1-2-3-10(13)8-6-7(11)4-5-9(8)12/h2-6H,1H3. The number of ketones is 1. The van der Waals surface area contributed by atoms with Crippen LogP contribution >= 0.6 is 15.9 Å². The number of benzene rings is 1. The van der Waals surface area contributed by atoms with E-state index in [1.807, 2.05) is 0 Å². The smallest absolute Gasteiger partial charge is 0.188 e. The first-order valence-corrected chi connectivity index (χ1v) is 4.56. The van der Waals surface area contributed by atoms with E-state index in [9.17, 15) is 9.18 Å². The Morgan fingerprint density at radius 1 is 1.54 bits per heavy atom. The second-order valence-electron chi connectivity index (χ2n) is 2.49. The van der Waals surface area contributed by atoms with Gasteiger partial charge in [0.25, 0.3) is 0 Å². The average Bonchev–Trinajstić information content (AvgIpc) is 2.09. The van der Waals surface area contributed by atoms with Gasteiger partial charge >= 0.3 is 0 Å². The van der Waals surface area contributed by atoms with Crippen molar-refractivity contribution in [1.29, 1.82) is 0 Å². The number of hydrogen-bond acceptors (Lipinski definition) is 1. The first-order valence-electron chi connectivity index (χ1n) is 3.77. The van der Waals surface area contributed by atoms with Gasteiger partial charge in [0.05, 0.1) is 5.56 Å². The Kier molecular flexibility index (Phi) is 3.37. The molecule has 0 aromatic heterocycles. The molecule has 0 spiro atoms. The number of rotatable bonds is 2. The molecule has 1 aromatic carbocycles. The summed E-state index contributed by atoms with van der Waals surface area (Å²) in [5, 5.41) is 0. The maximum atomic E-state index is 13.1. The summed E-state index contributed by atoms with van der Waals surface area (Å²) in [6.45, 7) is 1.72. The highest BCUT2D eigenvalue weighted by Crippen LogP contribution is 2.16. The third-order valence-corrected chi connectivity index (χ3v) is 2.01. The van der Waals surface area contributed by atoms with Crippen LogP contribution in [0.25, 0.3) is 0 Å². The van der Waals surface area contributed by atoms with E-state index in [4.69, 9.17) is 0 Å². The van der Waals surface area contributed by atoms with Crippen molar-refractivity contribution in [1.82, 2.24) is 0 Å². The Morgan fingerprint density at radius 3 is 2.85 bits per heavy atom. The Bertz CT molecular complexity index is 358. The van der Waals surface area contributed by atoms with Crippen LogP contribution in [0.15, 0.2) is 34.8 Å². The van der Waals surface area contributed by atoms with Crippen molar-refractivity contribution in [3.8, 4) is 0 Å². The van der Waals surface area contributed by atoms with Gasteiger partial charge in [0.15, 0.2) is 5.78 Å². The van der Waals surface area contributed by atoms with E-state index >= 15 is 0 Å². The maximum Gasteiger partial charge on any atom is 0.188 e. The summed E-state index contributed by atoms with van der Waals surface area (Å²) in [7, 11) is 0. The van der Waals surface area contributed by atoms with Crippen LogP contribution < -0.4 is 0 Å². The van der Waals surface area contributed by atoms with Crippen molar-refractivity contribution in [2.75, 3.05) is 0 Å². The van der Waals surface area contributed by atoms with Crippen LogP contribution in [0.5, 0.6) is 0 Å². The molecule has 3 heteroatoms. The van der Waals surface area contributed by atoms with Crippen molar-refractivity contribution in [3.63, 3.8) is 0 Å². The zero-order chi connectivity index (χ0) is 9.84. The zero-order valence-electron chi connectivity index (χ0n) is 7.05. The minimum absolute atomic E-state index is 0.0903. The lowest BCUT2D eigenvalue weighted by molar-refractivity contribution is 0.104. The van der Waals surface area contributed by atoms with Crippen LogP contribution in [0.3, 0.4) is 0 Å². The lowest BCUT2D eigenvalue weighted by atomic mass is 10.1. The van der Waals surface area contributed by atoms with E-state index in [0.717, 1.165) is 0 Å². The largest absolute Gasteiger partial charge is 0.289 e. The number of carbonyl (C=O) groups is 1. The summed E-state index contributed by atoms with van der Waals surface area (Å²) in [5.41, 5.74) is 0.0903. The number of allylic oxidation sites excluding steroid dienone is 2. The molecular weight excluding hydrogens is 235 g/mol. The van der Waals surface area contributed by atoms with E-state index < -0.39 is 5.82 Å². The molecule has 1 nitrogen and oxygen atoms in total. The van der Waals surface area contributed by atoms with E-state index in [1.54, 1.807) is 19.1 Å². The van der Waals surface area contributed by atoms with Gasteiger partial charge in [-0.3, -0.25) is 4.79 Å². The molecule has 0 aliphatic rings. The molecule has 0 heterocycles. The summed E-state index contributed by atoms with van der Waals surface area (Å²) >= 11 is 3.17. The van der Waals surface area contributed by atoms with Gasteiger partial charge in [0.2, 0.25) is 0 Å². The molecule has 0 N–H and O–H groups in total. The second-order valence-corrected chi connectivity index (χ2v) is 3.40. The Labute approximate surface area is 84.4 Å². The third kappa shape index (κ3) is 2.49. The van der Waals surface area contributed by atoms with Gasteiger partial charge in [-0.1, -0.05) is 22.0 Å². The lowest BCUT2D eigenvalue weighted by Gasteiger charge is -1.98. The normalized spacial score (nSPS) is 10.7. The molecule has 0 unspecified atom stereocenters. The molecule has 68 valence electrons. The fraction of sp³-hybridized carbons (Fsp3) is 0.100. The van der Waals surface area contributed by atoms with Crippen LogP contribution in [0.2, 0.25) is 0 Å². The SMILES string of the molecule is CC=CC(=O)c1cc(Br)ccc1F. The van der Waals surface area contributed by atoms with Crippen LogP contribution in [0, 0.1) is 5.82 Å². The lowest BCUT2D eigenvalue weighted by Crippen LogP contribution is -1.98. The molecule has 0 saturated carbocycles. The molecule has 0 amide bonds. The van der Waals surface area contributed by atoms with Gasteiger partial charge in [-0.05, 0) is 31.2 Å². The predicted octanol–water partition coefficient (Wildman–Crippen LogP) is 3.35. The summed E-state index contributed by atoms with van der Waals surface area (Å²) in [4.78, 5) is 11.3. The Hall–Kier alpha value is -0.960. The van der Waals surface area contributed by atoms with Crippen LogP contribution in [0.1, 0.15) is 17.3 Å². The fourth-order valence-electron chi connectivity index (χ4n) is 0.927. The third-order valence-electron chi connectivity index (χ3n) is 1.51. The number of halogens is 2. The van der Waals surface area contributed by atoms with Crippen molar-refractivity contribution in [3.05, 3.63) is 46.2 Å². The summed E-state index contributed by atoms with van der Waals surface area (Å²) < 4.78 is 13.8.